The quantitative estimate of drug-likeness (QED) is 0.862. The molecule has 1 aliphatic rings. The molecule has 0 spiro atoms. The minimum Gasteiger partial charge on any atom is -0.370 e. The van der Waals surface area contributed by atoms with Gasteiger partial charge in [0.05, 0.1) is 10.6 Å². The van der Waals surface area contributed by atoms with Gasteiger partial charge in [-0.2, -0.15) is 0 Å². The summed E-state index contributed by atoms with van der Waals surface area (Å²) < 4.78 is 51.7. The van der Waals surface area contributed by atoms with Crippen LogP contribution in [0.25, 0.3) is 0 Å². The van der Waals surface area contributed by atoms with Gasteiger partial charge in [0.2, 0.25) is 0 Å². The summed E-state index contributed by atoms with van der Waals surface area (Å²) in [5.74, 6) is -1.38. The van der Waals surface area contributed by atoms with E-state index in [2.05, 4.69) is 0 Å². The zero-order valence-electron chi connectivity index (χ0n) is 12.7. The minimum absolute atomic E-state index is 0.0897. The fraction of sp³-hybridized carbons (Fsp3) is 0.294. The van der Waals surface area contributed by atoms with Crippen LogP contribution in [-0.2, 0) is 9.84 Å². The Bertz CT molecular complexity index is 816. The van der Waals surface area contributed by atoms with Crippen molar-refractivity contribution in [3.8, 4) is 0 Å². The molecule has 122 valence electrons. The van der Waals surface area contributed by atoms with Crippen LogP contribution in [0.1, 0.15) is 17.9 Å². The van der Waals surface area contributed by atoms with E-state index in [0.29, 0.717) is 25.2 Å². The number of anilines is 1. The molecule has 2 aromatic carbocycles. The normalized spacial score (nSPS) is 18.4. The van der Waals surface area contributed by atoms with Gasteiger partial charge in [0.15, 0.2) is 9.84 Å². The third-order valence-corrected chi connectivity index (χ3v) is 5.35. The first-order valence-corrected chi connectivity index (χ1v) is 9.25. The van der Waals surface area contributed by atoms with Crippen LogP contribution in [0, 0.1) is 11.6 Å². The lowest BCUT2D eigenvalue weighted by Gasteiger charge is -2.21. The number of nitrogens with zero attached hydrogens (tertiary/aromatic N) is 1. The Morgan fingerprint density at radius 2 is 1.70 bits per heavy atom. The summed E-state index contributed by atoms with van der Waals surface area (Å²) in [5, 5.41) is 0. The van der Waals surface area contributed by atoms with Crippen LogP contribution < -0.4 is 4.90 Å². The summed E-state index contributed by atoms with van der Waals surface area (Å²) in [6.07, 6.45) is 1.74. The van der Waals surface area contributed by atoms with Crippen LogP contribution in [-0.4, -0.2) is 27.8 Å². The Balaban J connectivity index is 1.93. The number of para-hydroxylation sites is 1. The summed E-state index contributed by atoms with van der Waals surface area (Å²) in [5.41, 5.74) is 0.682. The van der Waals surface area contributed by atoms with Crippen molar-refractivity contribution >= 4 is 15.5 Å². The molecule has 0 radical (unpaired) electrons. The van der Waals surface area contributed by atoms with Gasteiger partial charge in [0.1, 0.15) is 11.6 Å². The molecule has 2 aromatic rings. The number of benzene rings is 2. The summed E-state index contributed by atoms with van der Waals surface area (Å²) in [6.45, 7) is 0.954. The van der Waals surface area contributed by atoms with Gasteiger partial charge in [-0.25, -0.2) is 17.2 Å². The van der Waals surface area contributed by atoms with Crippen molar-refractivity contribution in [1.82, 2.24) is 0 Å². The molecular weight excluding hydrogens is 320 g/mol. The van der Waals surface area contributed by atoms with Crippen LogP contribution in [0.4, 0.5) is 14.5 Å². The van der Waals surface area contributed by atoms with E-state index in [9.17, 15) is 17.2 Å². The van der Waals surface area contributed by atoms with E-state index in [4.69, 9.17) is 0 Å². The highest BCUT2D eigenvalue weighted by Gasteiger charge is 2.30. The first kappa shape index (κ1) is 15.9. The van der Waals surface area contributed by atoms with Gasteiger partial charge >= 0.3 is 0 Å². The van der Waals surface area contributed by atoms with Gasteiger partial charge < -0.3 is 4.90 Å². The Hall–Kier alpha value is -1.95. The molecule has 1 saturated heterocycles. The van der Waals surface area contributed by atoms with Crippen molar-refractivity contribution in [2.75, 3.05) is 24.2 Å². The third-order valence-electron chi connectivity index (χ3n) is 4.20. The number of hydrogen-bond acceptors (Lipinski definition) is 3. The molecule has 23 heavy (non-hydrogen) atoms. The van der Waals surface area contributed by atoms with Gasteiger partial charge in [-0.05, 0) is 30.7 Å². The molecule has 0 saturated carbocycles. The number of hydrogen-bond donors (Lipinski definition) is 0. The maximum Gasteiger partial charge on any atom is 0.177 e. The topological polar surface area (TPSA) is 37.4 Å². The van der Waals surface area contributed by atoms with Gasteiger partial charge in [0.25, 0.3) is 0 Å². The highest BCUT2D eigenvalue weighted by molar-refractivity contribution is 7.90. The molecule has 0 amide bonds. The van der Waals surface area contributed by atoms with Crippen molar-refractivity contribution in [2.45, 2.75) is 17.2 Å². The maximum atomic E-state index is 13.9. The Morgan fingerprint density at radius 3 is 2.35 bits per heavy atom. The average Bonchev–Trinajstić information content (AvgIpc) is 2.95. The molecule has 1 heterocycles. The van der Waals surface area contributed by atoms with Crippen molar-refractivity contribution in [3.05, 3.63) is 59.7 Å². The smallest absolute Gasteiger partial charge is 0.177 e. The van der Waals surface area contributed by atoms with Crippen LogP contribution in [0.2, 0.25) is 0 Å². The van der Waals surface area contributed by atoms with Crippen LogP contribution in [0.5, 0.6) is 0 Å². The highest BCUT2D eigenvalue weighted by atomic mass is 32.2. The molecular formula is C17H17F2NO2S. The predicted octanol–water partition coefficient (Wildman–Crippen LogP) is 3.36. The van der Waals surface area contributed by atoms with E-state index in [1.807, 2.05) is 4.90 Å². The van der Waals surface area contributed by atoms with E-state index in [1.54, 1.807) is 24.3 Å². The SMILES string of the molecule is CS(=O)(=O)c1ccccc1N1CCC(c2c(F)cccc2F)C1. The zero-order valence-corrected chi connectivity index (χ0v) is 13.5. The lowest BCUT2D eigenvalue weighted by molar-refractivity contribution is 0.533. The van der Waals surface area contributed by atoms with E-state index >= 15 is 0 Å². The van der Waals surface area contributed by atoms with Crippen molar-refractivity contribution in [3.63, 3.8) is 0 Å². The van der Waals surface area contributed by atoms with E-state index in [1.165, 1.54) is 18.2 Å². The molecule has 0 bridgehead atoms. The van der Waals surface area contributed by atoms with Crippen LogP contribution in [0.3, 0.4) is 0 Å². The summed E-state index contributed by atoms with van der Waals surface area (Å²) in [4.78, 5) is 2.13. The fourth-order valence-electron chi connectivity index (χ4n) is 3.15. The Morgan fingerprint density at radius 1 is 1.04 bits per heavy atom. The molecule has 3 rings (SSSR count). The van der Waals surface area contributed by atoms with E-state index < -0.39 is 21.5 Å². The lowest BCUT2D eigenvalue weighted by Crippen LogP contribution is -2.22. The monoisotopic (exact) mass is 337 g/mol. The molecule has 3 nitrogen and oxygen atoms in total. The third kappa shape index (κ3) is 3.08. The minimum atomic E-state index is -3.36. The summed E-state index contributed by atoms with van der Waals surface area (Å²) in [6, 6.07) is 10.6. The van der Waals surface area contributed by atoms with Crippen molar-refractivity contribution < 1.29 is 17.2 Å². The second-order valence-corrected chi connectivity index (χ2v) is 7.79. The van der Waals surface area contributed by atoms with Gasteiger partial charge in [-0.1, -0.05) is 18.2 Å². The maximum absolute atomic E-state index is 13.9. The molecule has 6 heteroatoms. The number of rotatable bonds is 3. The van der Waals surface area contributed by atoms with E-state index in [-0.39, 0.29) is 16.4 Å². The van der Waals surface area contributed by atoms with Crippen LogP contribution in [0.15, 0.2) is 47.4 Å². The zero-order chi connectivity index (χ0) is 16.6. The highest BCUT2D eigenvalue weighted by Crippen LogP contribution is 2.35. The first-order chi connectivity index (χ1) is 10.9. The standard InChI is InChI=1S/C17H17F2NO2S/c1-23(21,22)16-8-3-2-7-15(16)20-10-9-12(11-20)17-13(18)5-4-6-14(17)19/h2-8,12H,9-11H2,1H3. The molecule has 1 unspecified atom stereocenters. The van der Waals surface area contributed by atoms with E-state index in [0.717, 1.165) is 6.26 Å². The van der Waals surface area contributed by atoms with Gasteiger partial charge in [-0.15, -0.1) is 0 Å². The van der Waals surface area contributed by atoms with Gasteiger partial charge in [0, 0.05) is 30.8 Å². The number of sulfone groups is 1. The molecule has 1 aliphatic heterocycles. The van der Waals surface area contributed by atoms with Crippen molar-refractivity contribution in [1.29, 1.82) is 0 Å². The second-order valence-electron chi connectivity index (χ2n) is 5.81. The molecule has 1 fully saturated rings. The number of halogens is 2. The molecule has 0 aliphatic carbocycles. The van der Waals surface area contributed by atoms with Crippen LogP contribution >= 0.6 is 0 Å². The Kier molecular flexibility index (Phi) is 4.10. The Labute approximate surface area is 134 Å². The molecule has 0 aromatic heterocycles. The largest absolute Gasteiger partial charge is 0.370 e. The second kappa shape index (κ2) is 5.92. The average molecular weight is 337 g/mol. The van der Waals surface area contributed by atoms with Gasteiger partial charge in [-0.3, -0.25) is 0 Å². The molecule has 1 atom stereocenters. The summed E-state index contributed by atoms with van der Waals surface area (Å²) >= 11 is 0. The fourth-order valence-corrected chi connectivity index (χ4v) is 4.05. The predicted molar refractivity (Wildman–Crippen MR) is 85.5 cm³/mol. The summed E-state index contributed by atoms with van der Waals surface area (Å²) in [7, 11) is -3.36. The molecule has 0 N–H and O–H groups in total. The van der Waals surface area contributed by atoms with Crippen molar-refractivity contribution in [2.24, 2.45) is 0 Å². The first-order valence-electron chi connectivity index (χ1n) is 7.36. The lowest BCUT2D eigenvalue weighted by atomic mass is 9.97.